The molecule has 0 atom stereocenters. The highest BCUT2D eigenvalue weighted by Gasteiger charge is 2.13. The number of aryl methyl sites for hydroxylation is 1. The Bertz CT molecular complexity index is 352. The fraction of sp³-hybridized carbons (Fsp3) is 0.250. The molecule has 0 amide bonds. The van der Waals surface area contributed by atoms with Crippen LogP contribution in [0.2, 0.25) is 0 Å². The second-order valence-corrected chi connectivity index (χ2v) is 3.43. The zero-order valence-corrected chi connectivity index (χ0v) is 7.90. The average molecular weight is 188 g/mol. The maximum atomic E-state index is 10.8. The summed E-state index contributed by atoms with van der Waals surface area (Å²) < 4.78 is 4.75. The zero-order chi connectivity index (χ0) is 9.80. The number of carbonyl (C=O) groups excluding carboxylic acids is 1. The zero-order valence-electron chi connectivity index (χ0n) is 7.90. The maximum absolute atomic E-state index is 10.8. The van der Waals surface area contributed by atoms with Gasteiger partial charge >= 0.3 is 5.97 Å². The molecular weight excluding hydrogens is 176 g/mol. The third-order valence-electron chi connectivity index (χ3n) is 2.31. The third kappa shape index (κ3) is 2.22. The molecule has 1 aromatic rings. The first-order valence-electron chi connectivity index (χ1n) is 4.76. The molecule has 1 aromatic carbocycles. The maximum Gasteiger partial charge on any atom is 0.314 e. The van der Waals surface area contributed by atoms with E-state index in [0.29, 0.717) is 6.42 Å². The molecule has 1 aliphatic rings. The van der Waals surface area contributed by atoms with Gasteiger partial charge in [-0.1, -0.05) is 30.3 Å². The van der Waals surface area contributed by atoms with Gasteiger partial charge in [-0.2, -0.15) is 0 Å². The van der Waals surface area contributed by atoms with E-state index in [-0.39, 0.29) is 5.97 Å². The first-order chi connectivity index (χ1) is 6.84. The van der Waals surface area contributed by atoms with Gasteiger partial charge in [0.2, 0.25) is 0 Å². The number of esters is 1. The molecule has 2 heteroatoms. The Morgan fingerprint density at radius 3 is 2.57 bits per heavy atom. The Labute approximate surface area is 83.2 Å². The van der Waals surface area contributed by atoms with Crippen LogP contribution < -0.4 is 0 Å². The molecule has 1 aliphatic heterocycles. The summed E-state index contributed by atoms with van der Waals surface area (Å²) in [6, 6.07) is 10.3. The fourth-order valence-corrected chi connectivity index (χ4v) is 1.51. The van der Waals surface area contributed by atoms with Gasteiger partial charge in [0.15, 0.2) is 0 Å². The summed E-state index contributed by atoms with van der Waals surface area (Å²) in [6.45, 7) is 0. The van der Waals surface area contributed by atoms with Crippen LogP contribution >= 0.6 is 0 Å². The molecule has 0 aliphatic carbocycles. The van der Waals surface area contributed by atoms with Gasteiger partial charge in [-0.15, -0.1) is 0 Å². The lowest BCUT2D eigenvalue weighted by Crippen LogP contribution is -1.92. The molecule has 14 heavy (non-hydrogen) atoms. The van der Waals surface area contributed by atoms with Gasteiger partial charge in [-0.3, -0.25) is 4.79 Å². The van der Waals surface area contributed by atoms with Gasteiger partial charge in [-0.25, -0.2) is 0 Å². The van der Waals surface area contributed by atoms with E-state index < -0.39 is 0 Å². The van der Waals surface area contributed by atoms with Crippen LogP contribution in [-0.2, 0) is 16.0 Å². The van der Waals surface area contributed by atoms with Crippen molar-refractivity contribution in [2.75, 3.05) is 0 Å². The van der Waals surface area contributed by atoms with Crippen molar-refractivity contribution in [1.29, 1.82) is 0 Å². The minimum absolute atomic E-state index is 0.131. The molecule has 72 valence electrons. The van der Waals surface area contributed by atoms with E-state index in [1.54, 1.807) is 6.26 Å². The van der Waals surface area contributed by atoms with E-state index in [9.17, 15) is 4.79 Å². The molecule has 0 saturated heterocycles. The smallest absolute Gasteiger partial charge is 0.314 e. The topological polar surface area (TPSA) is 26.3 Å². The number of ether oxygens (including phenoxy) is 1. The molecule has 0 radical (unpaired) electrons. The normalized spacial score (nSPS) is 15.1. The van der Waals surface area contributed by atoms with Crippen LogP contribution in [0.25, 0.3) is 0 Å². The predicted octanol–water partition coefficient (Wildman–Crippen LogP) is 2.45. The summed E-state index contributed by atoms with van der Waals surface area (Å²) in [7, 11) is 0. The number of benzene rings is 1. The summed E-state index contributed by atoms with van der Waals surface area (Å²) in [5, 5.41) is 0. The number of hydrogen-bond acceptors (Lipinski definition) is 2. The SMILES string of the molecule is O=C1CC(CCc2ccccc2)=CO1. The Morgan fingerprint density at radius 2 is 1.93 bits per heavy atom. The summed E-state index contributed by atoms with van der Waals surface area (Å²) in [5.41, 5.74) is 2.40. The first-order valence-corrected chi connectivity index (χ1v) is 4.76. The van der Waals surface area contributed by atoms with Crippen molar-refractivity contribution in [2.24, 2.45) is 0 Å². The summed E-state index contributed by atoms with van der Waals surface area (Å²) in [4.78, 5) is 10.8. The second-order valence-electron chi connectivity index (χ2n) is 3.43. The lowest BCUT2D eigenvalue weighted by atomic mass is 10.0. The Morgan fingerprint density at radius 1 is 1.14 bits per heavy atom. The molecule has 0 saturated carbocycles. The van der Waals surface area contributed by atoms with Crippen LogP contribution in [-0.4, -0.2) is 5.97 Å². The van der Waals surface area contributed by atoms with Crippen LogP contribution in [0.1, 0.15) is 18.4 Å². The van der Waals surface area contributed by atoms with Gasteiger partial charge < -0.3 is 4.74 Å². The van der Waals surface area contributed by atoms with Crippen molar-refractivity contribution in [1.82, 2.24) is 0 Å². The Hall–Kier alpha value is -1.57. The lowest BCUT2D eigenvalue weighted by molar-refractivity contribution is -0.135. The molecule has 1 heterocycles. The lowest BCUT2D eigenvalue weighted by Gasteiger charge is -1.99. The first kappa shape index (κ1) is 9.00. The molecule has 2 nitrogen and oxygen atoms in total. The van der Waals surface area contributed by atoms with Crippen molar-refractivity contribution >= 4 is 5.97 Å². The minimum atomic E-state index is -0.131. The van der Waals surface area contributed by atoms with Gasteiger partial charge in [0.25, 0.3) is 0 Å². The van der Waals surface area contributed by atoms with E-state index in [2.05, 4.69) is 12.1 Å². The molecule has 0 aromatic heterocycles. The van der Waals surface area contributed by atoms with Crippen LogP contribution in [0.4, 0.5) is 0 Å². The standard InChI is InChI=1S/C12H12O2/c13-12-8-11(9-14-12)7-6-10-4-2-1-3-5-10/h1-5,9H,6-8H2. The van der Waals surface area contributed by atoms with Crippen LogP contribution in [0.15, 0.2) is 42.2 Å². The van der Waals surface area contributed by atoms with E-state index in [1.807, 2.05) is 18.2 Å². The van der Waals surface area contributed by atoms with Crippen LogP contribution in [0, 0.1) is 0 Å². The predicted molar refractivity (Wildman–Crippen MR) is 53.6 cm³/mol. The van der Waals surface area contributed by atoms with Gasteiger partial charge in [0, 0.05) is 0 Å². The van der Waals surface area contributed by atoms with Crippen LogP contribution in [0.3, 0.4) is 0 Å². The number of cyclic esters (lactones) is 1. The molecule has 0 fully saturated rings. The second kappa shape index (κ2) is 4.09. The van der Waals surface area contributed by atoms with Crippen molar-refractivity contribution in [3.63, 3.8) is 0 Å². The highest BCUT2D eigenvalue weighted by atomic mass is 16.5. The number of carbonyl (C=O) groups is 1. The van der Waals surface area contributed by atoms with E-state index in [4.69, 9.17) is 4.74 Å². The van der Waals surface area contributed by atoms with E-state index in [0.717, 1.165) is 18.4 Å². The molecule has 0 bridgehead atoms. The van der Waals surface area contributed by atoms with E-state index >= 15 is 0 Å². The Kier molecular flexibility index (Phi) is 2.63. The fourth-order valence-electron chi connectivity index (χ4n) is 1.51. The quantitative estimate of drug-likeness (QED) is 0.681. The van der Waals surface area contributed by atoms with Crippen molar-refractivity contribution in [2.45, 2.75) is 19.3 Å². The van der Waals surface area contributed by atoms with Gasteiger partial charge in [0.05, 0.1) is 12.7 Å². The summed E-state index contributed by atoms with van der Waals surface area (Å²) >= 11 is 0. The van der Waals surface area contributed by atoms with Gasteiger partial charge in [0.1, 0.15) is 0 Å². The average Bonchev–Trinajstić information content (AvgIpc) is 2.63. The third-order valence-corrected chi connectivity index (χ3v) is 2.31. The van der Waals surface area contributed by atoms with E-state index in [1.165, 1.54) is 5.56 Å². The minimum Gasteiger partial charge on any atom is -0.434 e. The van der Waals surface area contributed by atoms with Gasteiger partial charge in [-0.05, 0) is 24.0 Å². The molecule has 0 spiro atoms. The Balaban J connectivity index is 1.86. The highest BCUT2D eigenvalue weighted by molar-refractivity contribution is 5.75. The number of hydrogen-bond donors (Lipinski definition) is 0. The molecule has 0 unspecified atom stereocenters. The molecule has 0 N–H and O–H groups in total. The largest absolute Gasteiger partial charge is 0.434 e. The monoisotopic (exact) mass is 188 g/mol. The van der Waals surface area contributed by atoms with Crippen molar-refractivity contribution < 1.29 is 9.53 Å². The van der Waals surface area contributed by atoms with Crippen LogP contribution in [0.5, 0.6) is 0 Å². The number of rotatable bonds is 3. The highest BCUT2D eigenvalue weighted by Crippen LogP contribution is 2.17. The summed E-state index contributed by atoms with van der Waals surface area (Å²) in [5.74, 6) is -0.131. The molecular formula is C12H12O2. The van der Waals surface area contributed by atoms with Crippen molar-refractivity contribution in [3.8, 4) is 0 Å². The summed E-state index contributed by atoms with van der Waals surface area (Å²) in [6.07, 6.45) is 3.94. The van der Waals surface area contributed by atoms with Crippen molar-refractivity contribution in [3.05, 3.63) is 47.7 Å². The molecule has 2 rings (SSSR count).